The first-order valence-corrected chi connectivity index (χ1v) is 7.84. The zero-order valence-corrected chi connectivity index (χ0v) is 12.6. The van der Waals surface area contributed by atoms with Crippen LogP contribution in [0.25, 0.3) is 0 Å². The van der Waals surface area contributed by atoms with E-state index in [9.17, 15) is 4.79 Å². The van der Waals surface area contributed by atoms with Crippen LogP contribution in [0.4, 0.5) is 0 Å². The van der Waals surface area contributed by atoms with Crippen LogP contribution in [-0.2, 0) is 11.3 Å². The summed E-state index contributed by atoms with van der Waals surface area (Å²) in [5.74, 6) is 0.137. The highest BCUT2D eigenvalue weighted by Gasteiger charge is 2.11. The van der Waals surface area contributed by atoms with Gasteiger partial charge in [0.1, 0.15) is 0 Å². The number of hydrogen-bond acceptors (Lipinski definition) is 4. The molecule has 0 saturated carbocycles. The lowest BCUT2D eigenvalue weighted by molar-refractivity contribution is -0.121. The Balaban J connectivity index is 1.62. The molecule has 4 nitrogen and oxygen atoms in total. The highest BCUT2D eigenvalue weighted by molar-refractivity contribution is 9.10. The maximum atomic E-state index is 11.7. The normalized spacial score (nSPS) is 16.7. The van der Waals surface area contributed by atoms with Gasteiger partial charge in [0.2, 0.25) is 5.91 Å². The van der Waals surface area contributed by atoms with E-state index in [1.54, 1.807) is 11.3 Å². The number of halogens is 1. The molecule has 2 rings (SSSR count). The Morgan fingerprint density at radius 1 is 1.50 bits per heavy atom. The van der Waals surface area contributed by atoms with Gasteiger partial charge in [0.15, 0.2) is 0 Å². The molecule has 0 bridgehead atoms. The highest BCUT2D eigenvalue weighted by atomic mass is 79.9. The highest BCUT2D eigenvalue weighted by Crippen LogP contribution is 2.19. The number of carbonyl (C=O) groups is 1. The van der Waals surface area contributed by atoms with Crippen LogP contribution in [0.15, 0.2) is 15.9 Å². The Morgan fingerprint density at radius 2 is 2.28 bits per heavy atom. The Labute approximate surface area is 120 Å². The third-order valence-electron chi connectivity index (χ3n) is 2.95. The van der Waals surface area contributed by atoms with Crippen LogP contribution in [0, 0.1) is 0 Å². The molecule has 18 heavy (non-hydrogen) atoms. The number of amides is 1. The Hall–Kier alpha value is -0.430. The molecule has 100 valence electrons. The standard InChI is InChI=1S/C12H18BrN3OS/c13-10-7-11(18-9-10)8-15-12(17)1-4-16-5-2-14-3-6-16/h7,9,14H,1-6,8H2,(H,15,17). The average Bonchev–Trinajstić information content (AvgIpc) is 2.81. The molecule has 1 aromatic heterocycles. The van der Waals surface area contributed by atoms with Crippen molar-refractivity contribution in [3.63, 3.8) is 0 Å². The van der Waals surface area contributed by atoms with Crippen molar-refractivity contribution in [3.8, 4) is 0 Å². The molecular weight excluding hydrogens is 314 g/mol. The van der Waals surface area contributed by atoms with Gasteiger partial charge < -0.3 is 15.5 Å². The predicted molar refractivity (Wildman–Crippen MR) is 77.8 cm³/mol. The third-order valence-corrected chi connectivity index (χ3v) is 4.64. The van der Waals surface area contributed by atoms with Gasteiger partial charge >= 0.3 is 0 Å². The molecule has 0 atom stereocenters. The summed E-state index contributed by atoms with van der Waals surface area (Å²) < 4.78 is 1.08. The van der Waals surface area contributed by atoms with Crippen LogP contribution < -0.4 is 10.6 Å². The van der Waals surface area contributed by atoms with E-state index in [1.807, 2.05) is 11.4 Å². The second kappa shape index (κ2) is 7.23. The largest absolute Gasteiger partial charge is 0.351 e. The first-order valence-electron chi connectivity index (χ1n) is 6.17. The van der Waals surface area contributed by atoms with E-state index in [0.29, 0.717) is 13.0 Å². The molecule has 2 heterocycles. The van der Waals surface area contributed by atoms with Gasteiger partial charge in [-0.25, -0.2) is 0 Å². The molecule has 0 radical (unpaired) electrons. The van der Waals surface area contributed by atoms with Crippen molar-refractivity contribution in [1.82, 2.24) is 15.5 Å². The summed E-state index contributed by atoms with van der Waals surface area (Å²) in [6.07, 6.45) is 0.590. The maximum Gasteiger partial charge on any atom is 0.221 e. The van der Waals surface area contributed by atoms with Gasteiger partial charge in [0.05, 0.1) is 6.54 Å². The van der Waals surface area contributed by atoms with E-state index < -0.39 is 0 Å². The van der Waals surface area contributed by atoms with Crippen molar-refractivity contribution in [3.05, 3.63) is 20.8 Å². The van der Waals surface area contributed by atoms with Gasteiger partial charge in [0.25, 0.3) is 0 Å². The summed E-state index contributed by atoms with van der Waals surface area (Å²) in [5.41, 5.74) is 0. The van der Waals surface area contributed by atoms with E-state index >= 15 is 0 Å². The summed E-state index contributed by atoms with van der Waals surface area (Å²) in [7, 11) is 0. The van der Waals surface area contributed by atoms with Crippen molar-refractivity contribution in [1.29, 1.82) is 0 Å². The Morgan fingerprint density at radius 3 is 2.94 bits per heavy atom. The molecule has 1 aliphatic heterocycles. The van der Waals surface area contributed by atoms with Gasteiger partial charge in [-0.3, -0.25) is 4.79 Å². The predicted octanol–water partition coefficient (Wildman–Crippen LogP) is 1.42. The number of hydrogen-bond donors (Lipinski definition) is 2. The molecule has 0 aliphatic carbocycles. The minimum atomic E-state index is 0.137. The van der Waals surface area contributed by atoms with E-state index in [4.69, 9.17) is 0 Å². The van der Waals surface area contributed by atoms with Crippen LogP contribution in [0.5, 0.6) is 0 Å². The molecule has 0 spiro atoms. The van der Waals surface area contributed by atoms with Crippen molar-refractivity contribution in [2.24, 2.45) is 0 Å². The quantitative estimate of drug-likeness (QED) is 0.857. The lowest BCUT2D eigenvalue weighted by Crippen LogP contribution is -2.44. The molecule has 1 amide bonds. The number of rotatable bonds is 5. The summed E-state index contributed by atoms with van der Waals surface area (Å²) in [5, 5.41) is 8.30. The van der Waals surface area contributed by atoms with Crippen LogP contribution in [0.2, 0.25) is 0 Å². The number of piperazine rings is 1. The first kappa shape index (κ1) is 14.0. The summed E-state index contributed by atoms with van der Waals surface area (Å²) >= 11 is 5.06. The molecule has 1 fully saturated rings. The van der Waals surface area contributed by atoms with E-state index in [1.165, 1.54) is 4.88 Å². The van der Waals surface area contributed by atoms with Crippen LogP contribution in [0.3, 0.4) is 0 Å². The smallest absolute Gasteiger partial charge is 0.221 e. The lowest BCUT2D eigenvalue weighted by Gasteiger charge is -2.26. The molecular formula is C12H18BrN3OS. The van der Waals surface area contributed by atoms with Gasteiger partial charge in [-0.15, -0.1) is 11.3 Å². The van der Waals surface area contributed by atoms with Crippen molar-refractivity contribution in [2.45, 2.75) is 13.0 Å². The average molecular weight is 332 g/mol. The number of carbonyl (C=O) groups excluding carboxylic acids is 1. The number of nitrogens with zero attached hydrogens (tertiary/aromatic N) is 1. The summed E-state index contributed by atoms with van der Waals surface area (Å²) in [4.78, 5) is 15.2. The molecule has 1 aliphatic rings. The van der Waals surface area contributed by atoms with Crippen LogP contribution >= 0.6 is 27.3 Å². The van der Waals surface area contributed by atoms with Crippen molar-refractivity contribution >= 4 is 33.2 Å². The SMILES string of the molecule is O=C(CCN1CCNCC1)NCc1cc(Br)cs1. The minimum Gasteiger partial charge on any atom is -0.351 e. The van der Waals surface area contributed by atoms with Gasteiger partial charge in [-0.2, -0.15) is 0 Å². The minimum absolute atomic E-state index is 0.137. The van der Waals surface area contributed by atoms with Gasteiger partial charge in [-0.1, -0.05) is 0 Å². The third kappa shape index (κ3) is 4.68. The molecule has 2 N–H and O–H groups in total. The second-order valence-electron chi connectivity index (χ2n) is 4.35. The second-order valence-corrected chi connectivity index (χ2v) is 6.26. The molecule has 6 heteroatoms. The fourth-order valence-electron chi connectivity index (χ4n) is 1.92. The number of thiophene rings is 1. The zero-order valence-electron chi connectivity index (χ0n) is 10.2. The molecule has 1 saturated heterocycles. The van der Waals surface area contributed by atoms with Crippen molar-refractivity contribution < 1.29 is 4.79 Å². The monoisotopic (exact) mass is 331 g/mol. The van der Waals surface area contributed by atoms with E-state index in [2.05, 4.69) is 31.5 Å². The molecule has 1 aromatic rings. The Kier molecular flexibility index (Phi) is 5.62. The molecule has 0 unspecified atom stereocenters. The van der Waals surface area contributed by atoms with E-state index in [0.717, 1.165) is 37.2 Å². The maximum absolute atomic E-state index is 11.7. The van der Waals surface area contributed by atoms with E-state index in [-0.39, 0.29) is 5.91 Å². The summed E-state index contributed by atoms with van der Waals surface area (Å²) in [6.45, 7) is 5.66. The van der Waals surface area contributed by atoms with Crippen LogP contribution in [0.1, 0.15) is 11.3 Å². The van der Waals surface area contributed by atoms with Gasteiger partial charge in [0, 0.05) is 53.9 Å². The zero-order chi connectivity index (χ0) is 12.8. The Bertz CT molecular complexity index is 390. The topological polar surface area (TPSA) is 44.4 Å². The summed E-state index contributed by atoms with van der Waals surface area (Å²) in [6, 6.07) is 2.04. The first-order chi connectivity index (χ1) is 8.74. The fraction of sp³-hybridized carbons (Fsp3) is 0.583. The van der Waals surface area contributed by atoms with Crippen LogP contribution in [-0.4, -0.2) is 43.5 Å². The fourth-order valence-corrected chi connectivity index (χ4v) is 3.31. The molecule has 0 aromatic carbocycles. The van der Waals surface area contributed by atoms with Gasteiger partial charge in [-0.05, 0) is 22.0 Å². The number of nitrogens with one attached hydrogen (secondary N) is 2. The lowest BCUT2D eigenvalue weighted by atomic mass is 10.3. The van der Waals surface area contributed by atoms with Crippen molar-refractivity contribution in [2.75, 3.05) is 32.7 Å².